The first-order chi connectivity index (χ1) is 17.1. The van der Waals surface area contributed by atoms with Crippen molar-refractivity contribution in [3.63, 3.8) is 0 Å². The van der Waals surface area contributed by atoms with Crippen LogP contribution in [0, 0.1) is 0 Å². The Bertz CT molecular complexity index is 1710. The Kier molecular flexibility index (Phi) is 7.79. The first-order valence-corrected chi connectivity index (χ1v) is 14.9. The summed E-state index contributed by atoms with van der Waals surface area (Å²) in [7, 11) is 0. The van der Waals surface area contributed by atoms with E-state index >= 15 is 0 Å². The second-order valence-electron chi connectivity index (χ2n) is 7.47. The van der Waals surface area contributed by atoms with Gasteiger partial charge in [-0.3, -0.25) is 0 Å². The number of halogens is 8. The molecule has 0 aliphatic rings. The first kappa shape index (κ1) is 27.2. The molecule has 0 radical (unpaired) electrons. The van der Waals surface area contributed by atoms with Gasteiger partial charge in [0.2, 0.25) is 0 Å². The Morgan fingerprint density at radius 2 is 0.861 bits per heavy atom. The summed E-state index contributed by atoms with van der Waals surface area (Å²) >= 11 is 57.1. The average molecular weight is 678 g/mol. The Labute approximate surface area is 253 Å². The van der Waals surface area contributed by atoms with Gasteiger partial charge in [0.25, 0.3) is 0 Å². The second-order valence-corrected chi connectivity index (χ2v) is 12.6. The molecule has 0 amide bonds. The van der Waals surface area contributed by atoms with Crippen molar-refractivity contribution in [2.24, 2.45) is 0 Å². The van der Waals surface area contributed by atoms with Crippen molar-refractivity contribution in [1.82, 2.24) is 20.4 Å². The van der Waals surface area contributed by atoms with E-state index in [1.807, 2.05) is 13.8 Å². The topological polar surface area (TPSA) is 51.6 Å². The van der Waals surface area contributed by atoms with Crippen molar-refractivity contribution in [2.75, 3.05) is 0 Å². The standard InChI is InChI=1S/C22H10Cl8N4S2/c1-3-5-31-33-21(35-5)11-7-8(17(27)20(30)18(11)28)14(24)9-10(13(7)23)16(26)19(29)12(15(9)25)22-34-32-6(4-2)36-22/h3-4H2,1-2H3. The number of benzene rings is 3. The molecular formula is C22H10Cl8N4S2. The van der Waals surface area contributed by atoms with Crippen LogP contribution in [0.1, 0.15) is 23.9 Å². The fourth-order valence-corrected chi connectivity index (χ4v) is 8.32. The lowest BCUT2D eigenvalue weighted by atomic mass is 9.97. The minimum atomic E-state index is 0.0968. The third-order valence-corrected chi connectivity index (χ3v) is 11.0. The van der Waals surface area contributed by atoms with Gasteiger partial charge in [0, 0.05) is 27.1 Å². The molecule has 0 bridgehead atoms. The highest BCUT2D eigenvalue weighted by Gasteiger charge is 2.30. The largest absolute Gasteiger partial charge is 0.150 e. The smallest absolute Gasteiger partial charge is 0.143 e. The maximum Gasteiger partial charge on any atom is 0.150 e. The molecule has 36 heavy (non-hydrogen) atoms. The molecule has 5 aromatic rings. The van der Waals surface area contributed by atoms with E-state index in [4.69, 9.17) is 92.8 Å². The third kappa shape index (κ3) is 4.08. The highest BCUT2D eigenvalue weighted by molar-refractivity contribution is 7.15. The van der Waals surface area contributed by atoms with Crippen LogP contribution in [0.2, 0.25) is 40.2 Å². The van der Waals surface area contributed by atoms with Gasteiger partial charge in [-0.05, 0) is 12.8 Å². The predicted molar refractivity (Wildman–Crippen MR) is 158 cm³/mol. The molecule has 2 heterocycles. The summed E-state index contributed by atoms with van der Waals surface area (Å²) in [6, 6.07) is 0. The van der Waals surface area contributed by atoms with E-state index in [2.05, 4.69) is 20.4 Å². The summed E-state index contributed by atoms with van der Waals surface area (Å²) in [5.74, 6) is 0. The molecule has 0 N–H and O–H groups in total. The summed E-state index contributed by atoms with van der Waals surface area (Å²) in [5.41, 5.74) is 0.842. The van der Waals surface area contributed by atoms with E-state index < -0.39 is 0 Å². The van der Waals surface area contributed by atoms with Crippen LogP contribution in [0.25, 0.3) is 42.7 Å². The number of hydrogen-bond donors (Lipinski definition) is 0. The number of hydrogen-bond acceptors (Lipinski definition) is 6. The lowest BCUT2D eigenvalue weighted by molar-refractivity contribution is 0.986. The van der Waals surface area contributed by atoms with Crippen LogP contribution in [0.15, 0.2) is 0 Å². The molecule has 4 nitrogen and oxygen atoms in total. The molecule has 0 spiro atoms. The van der Waals surface area contributed by atoms with E-state index in [1.54, 1.807) is 0 Å². The molecule has 0 saturated heterocycles. The van der Waals surface area contributed by atoms with Gasteiger partial charge < -0.3 is 0 Å². The van der Waals surface area contributed by atoms with Crippen LogP contribution in [0.4, 0.5) is 0 Å². The average Bonchev–Trinajstić information content (AvgIpc) is 3.53. The van der Waals surface area contributed by atoms with Gasteiger partial charge in [-0.1, -0.05) is 129 Å². The van der Waals surface area contributed by atoms with E-state index in [1.165, 1.54) is 22.7 Å². The number of fused-ring (bicyclic) bond motifs is 2. The zero-order valence-electron chi connectivity index (χ0n) is 18.0. The van der Waals surface area contributed by atoms with Gasteiger partial charge in [-0.2, -0.15) is 0 Å². The number of aromatic nitrogens is 4. The quantitative estimate of drug-likeness (QED) is 0.108. The van der Waals surface area contributed by atoms with E-state index in [0.29, 0.717) is 55.5 Å². The minimum absolute atomic E-state index is 0.0968. The summed E-state index contributed by atoms with van der Waals surface area (Å²) in [5, 5.41) is 22.3. The zero-order chi connectivity index (χ0) is 26.0. The van der Waals surface area contributed by atoms with Crippen molar-refractivity contribution in [2.45, 2.75) is 26.7 Å². The second kappa shape index (κ2) is 10.3. The van der Waals surface area contributed by atoms with E-state index in [-0.39, 0.29) is 40.2 Å². The van der Waals surface area contributed by atoms with E-state index in [9.17, 15) is 0 Å². The predicted octanol–water partition coefficient (Wildman–Crippen LogP) is 11.4. The van der Waals surface area contributed by atoms with Crippen LogP contribution in [-0.4, -0.2) is 20.4 Å². The molecule has 0 unspecified atom stereocenters. The van der Waals surface area contributed by atoms with Crippen molar-refractivity contribution in [3.05, 3.63) is 50.2 Å². The Morgan fingerprint density at radius 1 is 0.444 bits per heavy atom. The van der Waals surface area contributed by atoms with Crippen molar-refractivity contribution >= 4 is 137 Å². The fourth-order valence-electron chi connectivity index (χ4n) is 3.79. The molecule has 0 aliphatic heterocycles. The third-order valence-electron chi connectivity index (χ3n) is 5.49. The van der Waals surface area contributed by atoms with Crippen molar-refractivity contribution in [3.8, 4) is 21.1 Å². The Morgan fingerprint density at radius 3 is 1.39 bits per heavy atom. The zero-order valence-corrected chi connectivity index (χ0v) is 25.7. The molecule has 3 aromatic carbocycles. The van der Waals surface area contributed by atoms with Gasteiger partial charge >= 0.3 is 0 Å². The molecule has 186 valence electrons. The van der Waals surface area contributed by atoms with Gasteiger partial charge in [-0.15, -0.1) is 20.4 Å². The van der Waals surface area contributed by atoms with Gasteiger partial charge in [0.05, 0.1) is 45.7 Å². The molecule has 2 aromatic heterocycles. The minimum Gasteiger partial charge on any atom is -0.143 e. The Hall–Kier alpha value is -0.380. The van der Waals surface area contributed by atoms with Crippen LogP contribution >= 0.6 is 115 Å². The highest BCUT2D eigenvalue weighted by atomic mass is 35.5. The fraction of sp³-hybridized carbons (Fsp3) is 0.182. The lowest BCUT2D eigenvalue weighted by Gasteiger charge is -2.19. The van der Waals surface area contributed by atoms with Crippen molar-refractivity contribution < 1.29 is 0 Å². The Balaban J connectivity index is 2.00. The van der Waals surface area contributed by atoms with Crippen LogP contribution in [0.5, 0.6) is 0 Å². The molecule has 0 atom stereocenters. The number of rotatable bonds is 4. The molecule has 5 rings (SSSR count). The van der Waals surface area contributed by atoms with Gasteiger partial charge in [-0.25, -0.2) is 0 Å². The molecule has 0 fully saturated rings. The van der Waals surface area contributed by atoms with Gasteiger partial charge in [0.1, 0.15) is 15.0 Å². The summed E-state index contributed by atoms with van der Waals surface area (Å²) in [6.45, 7) is 3.94. The maximum absolute atomic E-state index is 7.02. The van der Waals surface area contributed by atoms with Gasteiger partial charge in [0.15, 0.2) is 5.01 Å². The summed E-state index contributed by atoms with van der Waals surface area (Å²) < 4.78 is 0. The van der Waals surface area contributed by atoms with Crippen molar-refractivity contribution in [1.29, 1.82) is 0 Å². The van der Waals surface area contributed by atoms with Crippen LogP contribution in [-0.2, 0) is 12.8 Å². The van der Waals surface area contributed by atoms with Crippen LogP contribution < -0.4 is 0 Å². The number of aryl methyl sites for hydroxylation is 2. The SMILES string of the molecule is CCc1nnc(-c2c(Cl)c(Cl)c3c(Cl)c4c(-c5nnc(CC)s5)c(Cl)c(Cl)c(Cl)c4c(Cl)c3c2Cl)s1. The molecular weight excluding hydrogens is 668 g/mol. The van der Waals surface area contributed by atoms with E-state index in [0.717, 1.165) is 10.0 Å². The highest BCUT2D eigenvalue weighted by Crippen LogP contribution is 2.57. The summed E-state index contributed by atoms with van der Waals surface area (Å²) in [4.78, 5) is 0. The maximum atomic E-state index is 7.02. The monoisotopic (exact) mass is 674 g/mol. The molecule has 14 heteroatoms. The normalized spacial score (nSPS) is 11.8. The summed E-state index contributed by atoms with van der Waals surface area (Å²) in [6.07, 6.45) is 1.39. The molecule has 0 saturated carbocycles. The lowest BCUT2D eigenvalue weighted by Crippen LogP contribution is -1.94. The van der Waals surface area contributed by atoms with Crippen LogP contribution in [0.3, 0.4) is 0 Å². The first-order valence-electron chi connectivity index (χ1n) is 10.2. The molecule has 0 aliphatic carbocycles. The number of nitrogens with zero attached hydrogens (tertiary/aromatic N) is 4.